The molecule has 5 rings (SSSR count). The number of carbonyl (C=O) groups excluding carboxylic acids is 2. The number of amides is 2. The summed E-state index contributed by atoms with van der Waals surface area (Å²) in [7, 11) is 0. The summed E-state index contributed by atoms with van der Waals surface area (Å²) in [6.07, 6.45) is 4.58. The summed E-state index contributed by atoms with van der Waals surface area (Å²) in [5.41, 5.74) is 2.10. The Morgan fingerprint density at radius 3 is 2.52 bits per heavy atom. The molecule has 0 spiro atoms. The molecule has 33 heavy (non-hydrogen) atoms. The topological polar surface area (TPSA) is 45.6 Å². The van der Waals surface area contributed by atoms with E-state index in [2.05, 4.69) is 0 Å². The highest BCUT2D eigenvalue weighted by Crippen LogP contribution is 2.26. The van der Waals surface area contributed by atoms with Crippen LogP contribution in [0.3, 0.4) is 0 Å². The highest BCUT2D eigenvalue weighted by Gasteiger charge is 2.29. The van der Waals surface area contributed by atoms with Crippen molar-refractivity contribution < 1.29 is 14.0 Å². The Balaban J connectivity index is 1.32. The third-order valence-electron chi connectivity index (χ3n) is 7.12. The molecule has 2 aliphatic rings. The summed E-state index contributed by atoms with van der Waals surface area (Å²) < 4.78 is 16.3. The van der Waals surface area contributed by atoms with E-state index in [1.54, 1.807) is 12.1 Å². The first kappa shape index (κ1) is 21.7. The maximum Gasteiger partial charge on any atom is 0.270 e. The molecule has 2 aromatic carbocycles. The minimum absolute atomic E-state index is 0.00459. The van der Waals surface area contributed by atoms with Gasteiger partial charge in [-0.1, -0.05) is 36.4 Å². The van der Waals surface area contributed by atoms with E-state index < -0.39 is 0 Å². The predicted octanol–water partition coefficient (Wildman–Crippen LogP) is 4.69. The van der Waals surface area contributed by atoms with Crippen LogP contribution in [0.1, 0.15) is 48.2 Å². The molecule has 1 aromatic heterocycles. The van der Waals surface area contributed by atoms with Crippen LogP contribution >= 0.6 is 0 Å². The fourth-order valence-electron chi connectivity index (χ4n) is 5.20. The summed E-state index contributed by atoms with van der Waals surface area (Å²) in [5.74, 6) is 0.453. The lowest BCUT2D eigenvalue weighted by atomic mass is 9.95. The lowest BCUT2D eigenvalue weighted by Gasteiger charge is -2.36. The fourth-order valence-corrected chi connectivity index (χ4v) is 5.20. The van der Waals surface area contributed by atoms with E-state index in [0.29, 0.717) is 43.2 Å². The molecular weight excluding hydrogens is 417 g/mol. The van der Waals surface area contributed by atoms with Gasteiger partial charge in [0.1, 0.15) is 11.5 Å². The predicted molar refractivity (Wildman–Crippen MR) is 126 cm³/mol. The van der Waals surface area contributed by atoms with Crippen LogP contribution in [0.2, 0.25) is 0 Å². The van der Waals surface area contributed by atoms with Gasteiger partial charge in [0.2, 0.25) is 5.91 Å². The monoisotopic (exact) mass is 447 g/mol. The second kappa shape index (κ2) is 9.38. The number of halogens is 1. The summed E-state index contributed by atoms with van der Waals surface area (Å²) in [5, 5.41) is 0.982. The van der Waals surface area contributed by atoms with Gasteiger partial charge in [0, 0.05) is 49.1 Å². The van der Waals surface area contributed by atoms with Crippen molar-refractivity contribution in [2.45, 2.75) is 38.6 Å². The number of fused-ring (bicyclic) bond motifs is 1. The zero-order chi connectivity index (χ0) is 22.8. The zero-order valence-corrected chi connectivity index (χ0v) is 18.9. The first-order valence-corrected chi connectivity index (χ1v) is 12.0. The molecular formula is C27H30FN3O2. The first-order chi connectivity index (χ1) is 16.1. The van der Waals surface area contributed by atoms with E-state index in [4.69, 9.17) is 0 Å². The molecule has 172 valence electrons. The van der Waals surface area contributed by atoms with E-state index in [1.165, 1.54) is 6.07 Å². The van der Waals surface area contributed by atoms with Crippen molar-refractivity contribution in [1.29, 1.82) is 0 Å². The minimum Gasteiger partial charge on any atom is -0.342 e. The van der Waals surface area contributed by atoms with Crippen LogP contribution in [0, 0.1) is 11.7 Å². The average Bonchev–Trinajstić information content (AvgIpc) is 3.20. The number of carbonyl (C=O) groups is 2. The molecule has 5 nitrogen and oxygen atoms in total. The molecule has 3 aromatic rings. The van der Waals surface area contributed by atoms with Crippen LogP contribution in [-0.2, 0) is 11.3 Å². The van der Waals surface area contributed by atoms with Crippen LogP contribution in [-0.4, -0.2) is 52.4 Å². The SMILES string of the molecule is O=C1CCCCN1CC1CCN(C(=O)c2cc3ccccc3n2Cc2ccccc2F)CC1. The second-order valence-corrected chi connectivity index (χ2v) is 9.30. The van der Waals surface area contributed by atoms with E-state index in [0.717, 1.165) is 49.7 Å². The molecule has 0 atom stereocenters. The van der Waals surface area contributed by atoms with E-state index in [-0.39, 0.29) is 17.6 Å². The summed E-state index contributed by atoms with van der Waals surface area (Å²) in [6.45, 7) is 3.37. The van der Waals surface area contributed by atoms with Crippen LogP contribution in [0.4, 0.5) is 4.39 Å². The van der Waals surface area contributed by atoms with Gasteiger partial charge >= 0.3 is 0 Å². The third kappa shape index (κ3) is 4.52. The Labute approximate surface area is 193 Å². The molecule has 0 radical (unpaired) electrons. The van der Waals surface area contributed by atoms with E-state index in [1.807, 2.05) is 50.8 Å². The molecule has 6 heteroatoms. The molecule has 2 amide bonds. The molecule has 2 fully saturated rings. The van der Waals surface area contributed by atoms with Gasteiger partial charge in [-0.15, -0.1) is 0 Å². The van der Waals surface area contributed by atoms with Crippen molar-refractivity contribution in [3.8, 4) is 0 Å². The Morgan fingerprint density at radius 1 is 0.970 bits per heavy atom. The standard InChI is InChI=1S/C27H30FN3O2/c28-23-9-3-1-8-22(23)19-31-24-10-4-2-7-21(24)17-25(31)27(33)29-15-12-20(13-16-29)18-30-14-6-5-11-26(30)32/h1-4,7-10,17,20H,5-6,11-16,18-19H2. The van der Waals surface area contributed by atoms with Gasteiger partial charge in [0.25, 0.3) is 5.91 Å². The number of likely N-dealkylation sites (tertiary alicyclic amines) is 2. The number of aromatic nitrogens is 1. The maximum atomic E-state index is 14.4. The van der Waals surface area contributed by atoms with Gasteiger partial charge in [-0.3, -0.25) is 9.59 Å². The molecule has 0 N–H and O–H groups in total. The Morgan fingerprint density at radius 2 is 1.73 bits per heavy atom. The Hall–Kier alpha value is -3.15. The van der Waals surface area contributed by atoms with Crippen LogP contribution in [0.25, 0.3) is 10.9 Å². The van der Waals surface area contributed by atoms with Gasteiger partial charge < -0.3 is 14.4 Å². The zero-order valence-electron chi connectivity index (χ0n) is 18.9. The number of para-hydroxylation sites is 1. The fraction of sp³-hybridized carbons (Fsp3) is 0.407. The summed E-state index contributed by atoms with van der Waals surface area (Å²) >= 11 is 0. The number of hydrogen-bond acceptors (Lipinski definition) is 2. The van der Waals surface area contributed by atoms with Crippen molar-refractivity contribution in [2.75, 3.05) is 26.2 Å². The lowest BCUT2D eigenvalue weighted by molar-refractivity contribution is -0.134. The molecule has 0 aliphatic carbocycles. The van der Waals surface area contributed by atoms with E-state index >= 15 is 0 Å². The second-order valence-electron chi connectivity index (χ2n) is 9.30. The number of hydrogen-bond donors (Lipinski definition) is 0. The van der Waals surface area contributed by atoms with Gasteiger partial charge in [-0.05, 0) is 49.8 Å². The molecule has 2 aliphatic heterocycles. The van der Waals surface area contributed by atoms with Gasteiger partial charge in [0.05, 0.1) is 6.54 Å². The lowest BCUT2D eigenvalue weighted by Crippen LogP contribution is -2.44. The van der Waals surface area contributed by atoms with Crippen molar-refractivity contribution in [3.63, 3.8) is 0 Å². The van der Waals surface area contributed by atoms with Crippen molar-refractivity contribution in [3.05, 3.63) is 71.7 Å². The third-order valence-corrected chi connectivity index (χ3v) is 7.12. The number of piperidine rings is 2. The van der Waals surface area contributed by atoms with E-state index in [9.17, 15) is 14.0 Å². The Kier molecular flexibility index (Phi) is 6.16. The first-order valence-electron chi connectivity index (χ1n) is 12.0. The van der Waals surface area contributed by atoms with Crippen LogP contribution in [0.5, 0.6) is 0 Å². The van der Waals surface area contributed by atoms with Gasteiger partial charge in [0.15, 0.2) is 0 Å². The molecule has 0 bridgehead atoms. The molecule has 2 saturated heterocycles. The van der Waals surface area contributed by atoms with Gasteiger partial charge in [-0.25, -0.2) is 4.39 Å². The van der Waals surface area contributed by atoms with Crippen molar-refractivity contribution >= 4 is 22.7 Å². The van der Waals surface area contributed by atoms with Crippen molar-refractivity contribution in [2.24, 2.45) is 5.92 Å². The normalized spacial score (nSPS) is 17.7. The number of nitrogens with zero attached hydrogens (tertiary/aromatic N) is 3. The Bertz CT molecular complexity index is 1160. The largest absolute Gasteiger partial charge is 0.342 e. The van der Waals surface area contributed by atoms with Gasteiger partial charge in [-0.2, -0.15) is 0 Å². The molecule has 3 heterocycles. The molecule has 0 saturated carbocycles. The summed E-state index contributed by atoms with van der Waals surface area (Å²) in [6, 6.07) is 16.5. The maximum absolute atomic E-state index is 14.4. The number of rotatable bonds is 5. The highest BCUT2D eigenvalue weighted by atomic mass is 19.1. The highest BCUT2D eigenvalue weighted by molar-refractivity contribution is 5.99. The summed E-state index contributed by atoms with van der Waals surface area (Å²) in [4.78, 5) is 29.6. The quantitative estimate of drug-likeness (QED) is 0.570. The minimum atomic E-state index is -0.262. The number of benzene rings is 2. The van der Waals surface area contributed by atoms with Crippen LogP contribution < -0.4 is 0 Å². The van der Waals surface area contributed by atoms with Crippen molar-refractivity contribution in [1.82, 2.24) is 14.4 Å². The average molecular weight is 448 g/mol. The smallest absolute Gasteiger partial charge is 0.270 e. The van der Waals surface area contributed by atoms with Crippen LogP contribution in [0.15, 0.2) is 54.6 Å². The molecule has 0 unspecified atom stereocenters.